The van der Waals surface area contributed by atoms with Gasteiger partial charge in [0.15, 0.2) is 0 Å². The molecule has 0 aliphatic rings. The van der Waals surface area contributed by atoms with Crippen LogP contribution in [0.2, 0.25) is 0 Å². The Kier molecular flexibility index (Phi) is 18.0. The van der Waals surface area contributed by atoms with Gasteiger partial charge in [0.1, 0.15) is 0 Å². The Bertz CT molecular complexity index is 690. The number of amides is 2. The quantitative estimate of drug-likeness (QED) is 0.173. The lowest BCUT2D eigenvalue weighted by molar-refractivity contribution is -0.122. The molecular weight excluding hydrogens is 420 g/mol. The van der Waals surface area contributed by atoms with Crippen molar-refractivity contribution in [1.29, 1.82) is 0 Å². The molecule has 0 atom stereocenters. The van der Waals surface area contributed by atoms with Gasteiger partial charge in [-0.05, 0) is 36.8 Å². The summed E-state index contributed by atoms with van der Waals surface area (Å²) in [5.41, 5.74) is 2.14. The fourth-order valence-electron chi connectivity index (χ4n) is 3.79. The van der Waals surface area contributed by atoms with Crippen molar-refractivity contribution >= 4 is 11.8 Å². The van der Waals surface area contributed by atoms with Gasteiger partial charge in [-0.2, -0.15) is 0 Å². The first-order chi connectivity index (χ1) is 16.7. The van der Waals surface area contributed by atoms with Crippen LogP contribution in [0.3, 0.4) is 0 Å². The third-order valence-electron chi connectivity index (χ3n) is 5.95. The van der Waals surface area contributed by atoms with Crippen LogP contribution in [-0.4, -0.2) is 11.8 Å². The molecule has 0 fully saturated rings. The zero-order valence-corrected chi connectivity index (χ0v) is 21.0. The maximum Gasteiger partial charge on any atom is 0.220 e. The normalized spacial score (nSPS) is 10.3. The predicted molar refractivity (Wildman–Crippen MR) is 142 cm³/mol. The van der Waals surface area contributed by atoms with Crippen LogP contribution in [0.5, 0.6) is 0 Å². The molecule has 2 amide bonds. The molecule has 2 N–H and O–H groups in total. The molecule has 0 radical (unpaired) electrons. The van der Waals surface area contributed by atoms with E-state index in [2.05, 4.69) is 22.5 Å². The summed E-state index contributed by atoms with van der Waals surface area (Å²) in [7, 11) is 0. The first-order valence-corrected chi connectivity index (χ1v) is 13.1. The predicted octanol–water partition coefficient (Wildman–Crippen LogP) is 6.43. The number of terminal acetylenes is 2. The van der Waals surface area contributed by atoms with E-state index < -0.39 is 0 Å². The third-order valence-corrected chi connectivity index (χ3v) is 5.95. The van der Waals surface area contributed by atoms with E-state index in [1.54, 1.807) is 0 Å². The maximum atomic E-state index is 12.0. The summed E-state index contributed by atoms with van der Waals surface area (Å²) in [5, 5.41) is 5.99. The molecule has 34 heavy (non-hydrogen) atoms. The highest BCUT2D eigenvalue weighted by molar-refractivity contribution is 5.76. The van der Waals surface area contributed by atoms with Crippen LogP contribution in [0.15, 0.2) is 24.3 Å². The number of unbranched alkanes of at least 4 members (excludes halogenated alkanes) is 12. The average molecular weight is 465 g/mol. The van der Waals surface area contributed by atoms with Crippen molar-refractivity contribution in [3.05, 3.63) is 35.4 Å². The molecule has 1 aromatic carbocycles. The van der Waals surface area contributed by atoms with Gasteiger partial charge in [0, 0.05) is 38.8 Å². The minimum Gasteiger partial charge on any atom is -0.352 e. The van der Waals surface area contributed by atoms with E-state index in [1.807, 2.05) is 24.3 Å². The molecule has 0 aliphatic heterocycles. The minimum atomic E-state index is 0.108. The van der Waals surface area contributed by atoms with Crippen LogP contribution in [0.1, 0.15) is 114 Å². The van der Waals surface area contributed by atoms with Crippen LogP contribution in [0, 0.1) is 24.7 Å². The lowest BCUT2D eigenvalue weighted by Gasteiger charge is -2.08. The Hall–Kier alpha value is -2.72. The van der Waals surface area contributed by atoms with Crippen LogP contribution >= 0.6 is 0 Å². The number of carbonyl (C=O) groups excluding carboxylic acids is 2. The molecule has 1 rings (SSSR count). The van der Waals surface area contributed by atoms with Gasteiger partial charge in [-0.1, -0.05) is 75.6 Å². The van der Waals surface area contributed by atoms with Gasteiger partial charge in [0.2, 0.25) is 11.8 Å². The molecule has 0 unspecified atom stereocenters. The van der Waals surface area contributed by atoms with Crippen LogP contribution < -0.4 is 10.6 Å². The summed E-state index contributed by atoms with van der Waals surface area (Å²) in [4.78, 5) is 24.1. The molecule has 0 spiro atoms. The second-order valence-corrected chi connectivity index (χ2v) is 9.02. The molecule has 0 heterocycles. The second kappa shape index (κ2) is 20.9. The lowest BCUT2D eigenvalue weighted by atomic mass is 10.1. The number of carbonyl (C=O) groups is 2. The van der Waals surface area contributed by atoms with Crippen molar-refractivity contribution in [3.8, 4) is 24.7 Å². The Labute approximate surface area is 208 Å². The van der Waals surface area contributed by atoms with Crippen molar-refractivity contribution in [2.45, 2.75) is 116 Å². The molecule has 0 aromatic heterocycles. The first-order valence-electron chi connectivity index (χ1n) is 13.1. The van der Waals surface area contributed by atoms with Gasteiger partial charge >= 0.3 is 0 Å². The average Bonchev–Trinajstić information content (AvgIpc) is 2.85. The minimum absolute atomic E-state index is 0.108. The SMILES string of the molecule is C#CCCCCCCCCC(=O)NCc1ccc(CNC(=O)CCCCCCCCC#C)cc1. The van der Waals surface area contributed by atoms with Crippen molar-refractivity contribution in [3.63, 3.8) is 0 Å². The summed E-state index contributed by atoms with van der Waals surface area (Å²) in [6.45, 7) is 1.08. The fraction of sp³-hybridized carbons (Fsp3) is 0.600. The van der Waals surface area contributed by atoms with E-state index in [4.69, 9.17) is 12.8 Å². The van der Waals surface area contributed by atoms with Gasteiger partial charge in [0.05, 0.1) is 0 Å². The number of hydrogen-bond donors (Lipinski definition) is 2. The fourth-order valence-corrected chi connectivity index (χ4v) is 3.79. The van der Waals surface area contributed by atoms with E-state index in [0.29, 0.717) is 25.9 Å². The Balaban J connectivity index is 2.06. The van der Waals surface area contributed by atoms with E-state index >= 15 is 0 Å². The molecule has 0 bridgehead atoms. The highest BCUT2D eigenvalue weighted by atomic mass is 16.2. The Morgan fingerprint density at radius 1 is 0.559 bits per heavy atom. The second-order valence-electron chi connectivity index (χ2n) is 9.02. The van der Waals surface area contributed by atoms with Crippen molar-refractivity contribution in [2.24, 2.45) is 0 Å². The van der Waals surface area contributed by atoms with Crippen LogP contribution in [0.25, 0.3) is 0 Å². The van der Waals surface area contributed by atoms with Gasteiger partial charge in [-0.25, -0.2) is 0 Å². The van der Waals surface area contributed by atoms with E-state index in [1.165, 1.54) is 38.5 Å². The first kappa shape index (κ1) is 29.3. The third kappa shape index (κ3) is 16.8. The zero-order chi connectivity index (χ0) is 24.7. The van der Waals surface area contributed by atoms with Gasteiger partial charge in [-0.15, -0.1) is 24.7 Å². The highest BCUT2D eigenvalue weighted by Crippen LogP contribution is 2.10. The lowest BCUT2D eigenvalue weighted by Crippen LogP contribution is -2.23. The van der Waals surface area contributed by atoms with Crippen molar-refractivity contribution < 1.29 is 9.59 Å². The monoisotopic (exact) mass is 464 g/mol. The van der Waals surface area contributed by atoms with E-state index in [-0.39, 0.29) is 11.8 Å². The number of hydrogen-bond acceptors (Lipinski definition) is 2. The maximum absolute atomic E-state index is 12.0. The van der Waals surface area contributed by atoms with Gasteiger partial charge in [-0.3, -0.25) is 9.59 Å². The number of benzene rings is 1. The molecule has 186 valence electrons. The topological polar surface area (TPSA) is 58.2 Å². The van der Waals surface area contributed by atoms with Gasteiger partial charge in [0.25, 0.3) is 0 Å². The smallest absolute Gasteiger partial charge is 0.220 e. The molecule has 4 heteroatoms. The van der Waals surface area contributed by atoms with Crippen LogP contribution in [-0.2, 0) is 22.7 Å². The van der Waals surface area contributed by atoms with Gasteiger partial charge < -0.3 is 10.6 Å². The molecular formula is C30H44N2O2. The molecule has 0 aliphatic carbocycles. The summed E-state index contributed by atoms with van der Waals surface area (Å²) in [5.74, 6) is 5.55. The molecule has 0 saturated heterocycles. The molecule has 4 nitrogen and oxygen atoms in total. The largest absolute Gasteiger partial charge is 0.352 e. The van der Waals surface area contributed by atoms with E-state index in [0.717, 1.165) is 62.5 Å². The number of rotatable bonds is 20. The summed E-state index contributed by atoms with van der Waals surface area (Å²) < 4.78 is 0. The summed E-state index contributed by atoms with van der Waals surface area (Å²) in [6.07, 6.45) is 26.8. The highest BCUT2D eigenvalue weighted by Gasteiger charge is 2.04. The Morgan fingerprint density at radius 2 is 0.882 bits per heavy atom. The standard InChI is InChI=1S/C30H44N2O2/c1-3-5-7-9-11-13-15-17-19-29(33)31-25-27-21-23-28(24-22-27)26-32-30(34)20-18-16-14-12-10-8-6-4-2/h1-2,21-24H,5-20,25-26H2,(H,31,33)(H,32,34). The molecule has 1 aromatic rings. The van der Waals surface area contributed by atoms with Crippen molar-refractivity contribution in [1.82, 2.24) is 10.6 Å². The van der Waals surface area contributed by atoms with E-state index in [9.17, 15) is 9.59 Å². The Morgan fingerprint density at radius 3 is 1.24 bits per heavy atom. The van der Waals surface area contributed by atoms with Crippen LogP contribution in [0.4, 0.5) is 0 Å². The number of nitrogens with one attached hydrogen (secondary N) is 2. The molecule has 0 saturated carbocycles. The zero-order valence-electron chi connectivity index (χ0n) is 21.0. The summed E-state index contributed by atoms with van der Waals surface area (Å²) >= 11 is 0. The van der Waals surface area contributed by atoms with Crippen molar-refractivity contribution in [2.75, 3.05) is 0 Å². The summed E-state index contributed by atoms with van der Waals surface area (Å²) in [6, 6.07) is 8.05.